The minimum atomic E-state index is 0.747. The number of fused-ring (bicyclic) bond motifs is 1. The first-order valence-corrected chi connectivity index (χ1v) is 7.77. The van der Waals surface area contributed by atoms with Crippen LogP contribution in [0.3, 0.4) is 0 Å². The molecule has 1 nitrogen and oxygen atoms in total. The predicted molar refractivity (Wildman–Crippen MR) is 73.7 cm³/mol. The molecule has 0 aliphatic carbocycles. The van der Waals surface area contributed by atoms with E-state index >= 15 is 0 Å². The summed E-state index contributed by atoms with van der Waals surface area (Å²) in [5.74, 6) is 3.10. The Morgan fingerprint density at radius 3 is 3.00 bits per heavy atom. The van der Waals surface area contributed by atoms with Gasteiger partial charge in [-0.2, -0.15) is 11.8 Å². The van der Waals surface area contributed by atoms with Gasteiger partial charge in [-0.1, -0.05) is 39.7 Å². The van der Waals surface area contributed by atoms with Crippen LogP contribution in [-0.2, 0) is 0 Å². The number of unbranched alkanes of at least 4 members (excludes halogenated alkanes) is 1. The van der Waals surface area contributed by atoms with Crippen molar-refractivity contribution in [2.24, 2.45) is 11.8 Å². The van der Waals surface area contributed by atoms with E-state index in [1.807, 2.05) is 0 Å². The molecule has 0 bridgehead atoms. The molecule has 1 N–H and O–H groups in total. The van der Waals surface area contributed by atoms with Crippen LogP contribution in [0.5, 0.6) is 0 Å². The number of allylic oxidation sites excluding steroid dienone is 1. The molecule has 0 radical (unpaired) electrons. The summed E-state index contributed by atoms with van der Waals surface area (Å²) >= 11 is 2.19. The summed E-state index contributed by atoms with van der Waals surface area (Å²) in [5.41, 5.74) is 1.28. The Hall–Kier alpha value is -0.110. The Kier molecular flexibility index (Phi) is 4.23. The van der Waals surface area contributed by atoms with Gasteiger partial charge in [0.25, 0.3) is 0 Å². The largest absolute Gasteiger partial charge is 0.385 e. The average Bonchev–Trinajstić information content (AvgIpc) is 2.72. The van der Waals surface area contributed by atoms with Crippen molar-refractivity contribution in [1.29, 1.82) is 0 Å². The van der Waals surface area contributed by atoms with Crippen molar-refractivity contribution in [2.75, 3.05) is 5.75 Å². The Balaban J connectivity index is 1.68. The highest BCUT2D eigenvalue weighted by Crippen LogP contribution is 2.41. The van der Waals surface area contributed by atoms with Crippen LogP contribution in [-0.4, -0.2) is 17.0 Å². The van der Waals surface area contributed by atoms with Crippen LogP contribution in [0.4, 0.5) is 0 Å². The summed E-state index contributed by atoms with van der Waals surface area (Å²) in [6.07, 6.45) is 6.84. The molecule has 0 aromatic heterocycles. The second-order valence-corrected chi connectivity index (χ2v) is 7.06. The highest BCUT2D eigenvalue weighted by molar-refractivity contribution is 8.00. The first-order valence-electron chi connectivity index (χ1n) is 6.72. The number of rotatable bonds is 5. The fraction of sp³-hybridized carbons (Fsp3) is 0.857. The lowest BCUT2D eigenvalue weighted by atomic mass is 9.96. The Morgan fingerprint density at radius 2 is 2.25 bits per heavy atom. The van der Waals surface area contributed by atoms with Gasteiger partial charge in [0.1, 0.15) is 0 Å². The molecule has 3 atom stereocenters. The smallest absolute Gasteiger partial charge is 0.0416 e. The molecule has 0 spiro atoms. The van der Waals surface area contributed by atoms with Crippen molar-refractivity contribution in [3.63, 3.8) is 0 Å². The summed E-state index contributed by atoms with van der Waals surface area (Å²) in [6, 6.07) is 0.747. The maximum Gasteiger partial charge on any atom is 0.0416 e. The maximum absolute atomic E-state index is 4.07. The molecule has 1 unspecified atom stereocenters. The van der Waals surface area contributed by atoms with Crippen molar-refractivity contribution in [3.8, 4) is 0 Å². The molecule has 0 aromatic carbocycles. The molecule has 0 aromatic rings. The van der Waals surface area contributed by atoms with Crippen molar-refractivity contribution in [1.82, 2.24) is 5.32 Å². The van der Waals surface area contributed by atoms with E-state index in [1.165, 1.54) is 43.6 Å². The lowest BCUT2D eigenvalue weighted by Crippen LogP contribution is -2.32. The first-order chi connectivity index (χ1) is 7.66. The molecule has 2 heteroatoms. The minimum absolute atomic E-state index is 0.747. The van der Waals surface area contributed by atoms with Crippen molar-refractivity contribution < 1.29 is 0 Å². The summed E-state index contributed by atoms with van der Waals surface area (Å²) in [4.78, 5) is 0. The minimum Gasteiger partial charge on any atom is -0.385 e. The van der Waals surface area contributed by atoms with Gasteiger partial charge >= 0.3 is 0 Å². The van der Waals surface area contributed by atoms with Gasteiger partial charge in [0.2, 0.25) is 0 Å². The zero-order valence-corrected chi connectivity index (χ0v) is 11.5. The summed E-state index contributed by atoms with van der Waals surface area (Å²) in [6.45, 7) is 8.71. The first kappa shape index (κ1) is 12.3. The van der Waals surface area contributed by atoms with Crippen LogP contribution in [0.25, 0.3) is 0 Å². The Labute approximate surface area is 104 Å². The van der Waals surface area contributed by atoms with E-state index < -0.39 is 0 Å². The summed E-state index contributed by atoms with van der Waals surface area (Å²) < 4.78 is 0. The quantitative estimate of drug-likeness (QED) is 0.732. The molecular weight excluding hydrogens is 214 g/mol. The van der Waals surface area contributed by atoms with Crippen LogP contribution >= 0.6 is 11.8 Å². The fourth-order valence-electron chi connectivity index (χ4n) is 2.93. The predicted octanol–water partition coefficient (Wildman–Crippen LogP) is 3.81. The van der Waals surface area contributed by atoms with Gasteiger partial charge in [-0.3, -0.25) is 0 Å². The molecule has 0 saturated carbocycles. The lowest BCUT2D eigenvalue weighted by Gasteiger charge is -2.18. The Morgan fingerprint density at radius 1 is 1.44 bits per heavy atom. The highest BCUT2D eigenvalue weighted by Gasteiger charge is 2.40. The van der Waals surface area contributed by atoms with E-state index in [0.29, 0.717) is 0 Å². The highest BCUT2D eigenvalue weighted by atomic mass is 32.2. The number of nitrogens with one attached hydrogen (secondary N) is 1. The van der Waals surface area contributed by atoms with Gasteiger partial charge in [0.15, 0.2) is 0 Å². The van der Waals surface area contributed by atoms with Gasteiger partial charge < -0.3 is 5.32 Å². The average molecular weight is 239 g/mol. The van der Waals surface area contributed by atoms with E-state index in [1.54, 1.807) is 0 Å². The van der Waals surface area contributed by atoms with Gasteiger partial charge in [-0.05, 0) is 30.4 Å². The third kappa shape index (κ3) is 2.97. The Bertz CT molecular complexity index is 249. The van der Waals surface area contributed by atoms with E-state index in [-0.39, 0.29) is 0 Å². The standard InChI is InChI=1S/C14H25NS/c1-10(2)6-4-5-7-13-14-12(9-16-13)8-11(3)15-14/h10,12-15H,3-9H2,1-2H3/t12-,13?,14-/m1/s1. The number of thioether (sulfide) groups is 1. The third-order valence-corrected chi connectivity index (χ3v) is 5.41. The molecule has 16 heavy (non-hydrogen) atoms. The van der Waals surface area contributed by atoms with Crippen LogP contribution < -0.4 is 5.32 Å². The SMILES string of the molecule is C=C1C[C@@H]2CSC(CCCCC(C)C)[C@@H]2N1. The number of hydrogen-bond acceptors (Lipinski definition) is 2. The van der Waals surface area contributed by atoms with E-state index in [4.69, 9.17) is 0 Å². The summed E-state index contributed by atoms with van der Waals surface area (Å²) in [5, 5.41) is 4.46. The van der Waals surface area contributed by atoms with E-state index in [9.17, 15) is 0 Å². The normalized spacial score (nSPS) is 33.2. The van der Waals surface area contributed by atoms with Crippen LogP contribution in [0.1, 0.15) is 46.0 Å². The molecule has 2 rings (SSSR count). The topological polar surface area (TPSA) is 12.0 Å². The molecule has 2 heterocycles. The van der Waals surface area contributed by atoms with Gasteiger partial charge in [0, 0.05) is 17.0 Å². The molecule has 0 amide bonds. The lowest BCUT2D eigenvalue weighted by molar-refractivity contribution is 0.459. The monoisotopic (exact) mass is 239 g/mol. The molecule has 2 fully saturated rings. The van der Waals surface area contributed by atoms with Gasteiger partial charge in [0.05, 0.1) is 0 Å². The second-order valence-electron chi connectivity index (χ2n) is 5.79. The number of hydrogen-bond donors (Lipinski definition) is 1. The van der Waals surface area contributed by atoms with Gasteiger partial charge in [-0.15, -0.1) is 0 Å². The maximum atomic E-state index is 4.07. The molecule has 2 aliphatic rings. The third-order valence-electron chi connectivity index (χ3n) is 3.83. The van der Waals surface area contributed by atoms with Crippen LogP contribution in [0, 0.1) is 11.8 Å². The zero-order valence-electron chi connectivity index (χ0n) is 10.7. The van der Waals surface area contributed by atoms with E-state index in [2.05, 4.69) is 37.5 Å². The van der Waals surface area contributed by atoms with Crippen molar-refractivity contribution in [2.45, 2.75) is 57.2 Å². The molecular formula is C14H25NS. The van der Waals surface area contributed by atoms with Crippen LogP contribution in [0.15, 0.2) is 12.3 Å². The molecule has 2 saturated heterocycles. The fourth-order valence-corrected chi connectivity index (χ4v) is 4.58. The van der Waals surface area contributed by atoms with Crippen molar-refractivity contribution in [3.05, 3.63) is 12.3 Å². The zero-order chi connectivity index (χ0) is 11.5. The second kappa shape index (κ2) is 5.48. The van der Waals surface area contributed by atoms with Crippen molar-refractivity contribution >= 4 is 11.8 Å². The molecule has 2 aliphatic heterocycles. The van der Waals surface area contributed by atoms with E-state index in [0.717, 1.165) is 23.1 Å². The summed E-state index contributed by atoms with van der Waals surface area (Å²) in [7, 11) is 0. The molecule has 92 valence electrons. The van der Waals surface area contributed by atoms with Crippen LogP contribution in [0.2, 0.25) is 0 Å². The van der Waals surface area contributed by atoms with Gasteiger partial charge in [-0.25, -0.2) is 0 Å².